The maximum absolute atomic E-state index is 12.4. The minimum absolute atomic E-state index is 0.0320. The number of piperidine rings is 1. The van der Waals surface area contributed by atoms with Crippen LogP contribution in [0.15, 0.2) is 0 Å². The van der Waals surface area contributed by atoms with Gasteiger partial charge in [-0.2, -0.15) is 0 Å². The van der Waals surface area contributed by atoms with Crippen molar-refractivity contribution in [3.63, 3.8) is 0 Å². The normalized spacial score (nSPS) is 22.5. The minimum atomic E-state index is -0.357. The SMILES string of the molecule is CC(=O)N1CCCC(C(=O)NC(C)(CN)CC(C)C)C1. The van der Waals surface area contributed by atoms with Crippen LogP contribution in [0.5, 0.6) is 0 Å². The van der Waals surface area contributed by atoms with Gasteiger partial charge in [0.25, 0.3) is 0 Å². The molecule has 0 radical (unpaired) electrons. The molecule has 3 N–H and O–H groups in total. The molecule has 1 fully saturated rings. The minimum Gasteiger partial charge on any atom is -0.349 e. The molecule has 0 spiro atoms. The van der Waals surface area contributed by atoms with Gasteiger partial charge in [0, 0.05) is 32.1 Å². The average Bonchev–Trinajstić information content (AvgIpc) is 2.37. The molecule has 2 atom stereocenters. The summed E-state index contributed by atoms with van der Waals surface area (Å²) in [6.07, 6.45) is 2.59. The zero-order chi connectivity index (χ0) is 15.3. The number of nitrogens with one attached hydrogen (secondary N) is 1. The van der Waals surface area contributed by atoms with Crippen LogP contribution in [-0.2, 0) is 9.59 Å². The molecule has 0 saturated carbocycles. The quantitative estimate of drug-likeness (QED) is 0.794. The molecular weight excluding hydrogens is 254 g/mol. The zero-order valence-corrected chi connectivity index (χ0v) is 13.2. The lowest BCUT2D eigenvalue weighted by Gasteiger charge is -2.36. The third-order valence-corrected chi connectivity index (χ3v) is 3.97. The Kier molecular flexibility index (Phi) is 5.99. The fraction of sp³-hybridized carbons (Fsp3) is 0.867. The van der Waals surface area contributed by atoms with Gasteiger partial charge >= 0.3 is 0 Å². The summed E-state index contributed by atoms with van der Waals surface area (Å²) in [6.45, 7) is 9.53. The molecule has 2 unspecified atom stereocenters. The Morgan fingerprint density at radius 3 is 2.60 bits per heavy atom. The van der Waals surface area contributed by atoms with Crippen LogP contribution in [0.1, 0.15) is 47.0 Å². The van der Waals surface area contributed by atoms with Crippen LogP contribution in [-0.4, -0.2) is 41.9 Å². The second-order valence-corrected chi connectivity index (χ2v) is 6.66. The number of nitrogens with zero attached hydrogens (tertiary/aromatic N) is 1. The summed E-state index contributed by atoms with van der Waals surface area (Å²) >= 11 is 0. The Morgan fingerprint density at radius 2 is 2.10 bits per heavy atom. The monoisotopic (exact) mass is 283 g/mol. The van der Waals surface area contributed by atoms with E-state index in [1.54, 1.807) is 11.8 Å². The zero-order valence-electron chi connectivity index (χ0n) is 13.2. The lowest BCUT2D eigenvalue weighted by atomic mass is 9.89. The molecule has 0 aromatic carbocycles. The van der Waals surface area contributed by atoms with E-state index in [1.165, 1.54) is 0 Å². The lowest BCUT2D eigenvalue weighted by molar-refractivity contribution is -0.134. The van der Waals surface area contributed by atoms with Gasteiger partial charge in [-0.15, -0.1) is 0 Å². The van der Waals surface area contributed by atoms with E-state index in [2.05, 4.69) is 19.2 Å². The Hall–Kier alpha value is -1.10. The molecule has 20 heavy (non-hydrogen) atoms. The molecule has 0 aromatic heterocycles. The summed E-state index contributed by atoms with van der Waals surface area (Å²) in [4.78, 5) is 25.6. The molecule has 5 nitrogen and oxygen atoms in total. The molecule has 5 heteroatoms. The van der Waals surface area contributed by atoms with Crippen molar-refractivity contribution in [3.05, 3.63) is 0 Å². The molecule has 1 saturated heterocycles. The number of amides is 2. The maximum atomic E-state index is 12.4. The van der Waals surface area contributed by atoms with E-state index in [-0.39, 0.29) is 23.3 Å². The van der Waals surface area contributed by atoms with E-state index in [4.69, 9.17) is 5.73 Å². The van der Waals surface area contributed by atoms with Crippen molar-refractivity contribution in [1.29, 1.82) is 0 Å². The highest BCUT2D eigenvalue weighted by Crippen LogP contribution is 2.20. The second-order valence-electron chi connectivity index (χ2n) is 6.66. The highest BCUT2D eigenvalue weighted by molar-refractivity contribution is 5.81. The van der Waals surface area contributed by atoms with Gasteiger partial charge in [-0.25, -0.2) is 0 Å². The van der Waals surface area contributed by atoms with Gasteiger partial charge in [0.2, 0.25) is 11.8 Å². The summed E-state index contributed by atoms with van der Waals surface area (Å²) in [6, 6.07) is 0. The Labute approximate surface area is 122 Å². The predicted octanol–water partition coefficient (Wildman–Crippen LogP) is 1.12. The summed E-state index contributed by atoms with van der Waals surface area (Å²) in [5, 5.41) is 3.10. The summed E-state index contributed by atoms with van der Waals surface area (Å²) in [7, 11) is 0. The highest BCUT2D eigenvalue weighted by atomic mass is 16.2. The molecule has 0 bridgehead atoms. The number of carbonyl (C=O) groups excluding carboxylic acids is 2. The smallest absolute Gasteiger partial charge is 0.225 e. The first-order valence-electron chi connectivity index (χ1n) is 7.55. The Bertz CT molecular complexity index is 357. The van der Waals surface area contributed by atoms with Crippen molar-refractivity contribution in [3.8, 4) is 0 Å². The maximum Gasteiger partial charge on any atom is 0.225 e. The van der Waals surface area contributed by atoms with E-state index in [9.17, 15) is 9.59 Å². The lowest BCUT2D eigenvalue weighted by Crippen LogP contribution is -2.55. The first-order chi connectivity index (χ1) is 9.27. The molecule has 1 rings (SSSR count). The molecule has 1 aliphatic rings. The molecule has 1 aliphatic heterocycles. The number of rotatable bonds is 5. The van der Waals surface area contributed by atoms with Crippen LogP contribution < -0.4 is 11.1 Å². The van der Waals surface area contributed by atoms with Gasteiger partial charge in [0.1, 0.15) is 0 Å². The molecule has 2 amide bonds. The van der Waals surface area contributed by atoms with Crippen molar-refractivity contribution in [2.24, 2.45) is 17.6 Å². The number of hydrogen-bond acceptors (Lipinski definition) is 3. The van der Waals surface area contributed by atoms with Gasteiger partial charge in [0.05, 0.1) is 5.92 Å². The van der Waals surface area contributed by atoms with E-state index in [0.29, 0.717) is 19.0 Å². The van der Waals surface area contributed by atoms with Crippen LogP contribution in [0.3, 0.4) is 0 Å². The molecule has 1 heterocycles. The van der Waals surface area contributed by atoms with Crippen molar-refractivity contribution < 1.29 is 9.59 Å². The van der Waals surface area contributed by atoms with Gasteiger partial charge < -0.3 is 16.0 Å². The first-order valence-corrected chi connectivity index (χ1v) is 7.55. The third kappa shape index (κ3) is 4.78. The molecule has 116 valence electrons. The average molecular weight is 283 g/mol. The summed E-state index contributed by atoms with van der Waals surface area (Å²) in [5.74, 6) is 0.449. The molecular formula is C15H29N3O2. The van der Waals surface area contributed by atoms with E-state index in [1.807, 2.05) is 6.92 Å². The van der Waals surface area contributed by atoms with Crippen molar-refractivity contribution in [2.75, 3.05) is 19.6 Å². The Morgan fingerprint density at radius 1 is 1.45 bits per heavy atom. The van der Waals surface area contributed by atoms with Crippen molar-refractivity contribution in [2.45, 2.75) is 52.5 Å². The van der Waals surface area contributed by atoms with Crippen molar-refractivity contribution >= 4 is 11.8 Å². The first kappa shape index (κ1) is 17.0. The number of hydrogen-bond donors (Lipinski definition) is 2. The molecule has 0 aliphatic carbocycles. The summed E-state index contributed by atoms with van der Waals surface area (Å²) in [5.41, 5.74) is 5.47. The fourth-order valence-corrected chi connectivity index (χ4v) is 2.96. The van der Waals surface area contributed by atoms with Gasteiger partial charge in [-0.3, -0.25) is 9.59 Å². The van der Waals surface area contributed by atoms with Gasteiger partial charge in [-0.05, 0) is 32.1 Å². The number of nitrogens with two attached hydrogens (primary N) is 1. The highest BCUT2D eigenvalue weighted by Gasteiger charge is 2.32. The van der Waals surface area contributed by atoms with E-state index >= 15 is 0 Å². The van der Waals surface area contributed by atoms with Crippen LogP contribution in [0.2, 0.25) is 0 Å². The van der Waals surface area contributed by atoms with Gasteiger partial charge in [0.15, 0.2) is 0 Å². The second kappa shape index (κ2) is 7.07. The molecule has 0 aromatic rings. The number of likely N-dealkylation sites (tertiary alicyclic amines) is 1. The topological polar surface area (TPSA) is 75.4 Å². The predicted molar refractivity (Wildman–Crippen MR) is 80.0 cm³/mol. The third-order valence-electron chi connectivity index (χ3n) is 3.97. The van der Waals surface area contributed by atoms with Crippen LogP contribution in [0.25, 0.3) is 0 Å². The van der Waals surface area contributed by atoms with Crippen LogP contribution >= 0.6 is 0 Å². The van der Waals surface area contributed by atoms with Crippen molar-refractivity contribution in [1.82, 2.24) is 10.2 Å². The Balaban J connectivity index is 2.62. The largest absolute Gasteiger partial charge is 0.349 e. The van der Waals surface area contributed by atoms with Crippen LogP contribution in [0.4, 0.5) is 0 Å². The van der Waals surface area contributed by atoms with Gasteiger partial charge in [-0.1, -0.05) is 13.8 Å². The summed E-state index contributed by atoms with van der Waals surface area (Å²) < 4.78 is 0. The number of carbonyl (C=O) groups is 2. The fourth-order valence-electron chi connectivity index (χ4n) is 2.96. The van der Waals surface area contributed by atoms with E-state index in [0.717, 1.165) is 25.8 Å². The van der Waals surface area contributed by atoms with Crippen LogP contribution in [0, 0.1) is 11.8 Å². The van der Waals surface area contributed by atoms with E-state index < -0.39 is 0 Å². The standard InChI is InChI=1S/C15H29N3O2/c1-11(2)8-15(4,10-16)17-14(20)13-6-5-7-18(9-13)12(3)19/h11,13H,5-10,16H2,1-4H3,(H,17,20).